The van der Waals surface area contributed by atoms with Crippen LogP contribution < -0.4 is 5.32 Å². The van der Waals surface area contributed by atoms with Gasteiger partial charge in [-0.05, 0) is 25.5 Å². The van der Waals surface area contributed by atoms with Crippen LogP contribution in [0.4, 0.5) is 5.69 Å². The lowest BCUT2D eigenvalue weighted by atomic mass is 10.1. The molecule has 0 bridgehead atoms. The number of ether oxygens (including phenoxy) is 1. The van der Waals surface area contributed by atoms with E-state index in [1.54, 1.807) is 17.9 Å². The van der Waals surface area contributed by atoms with Gasteiger partial charge in [0.05, 0.1) is 29.2 Å². The van der Waals surface area contributed by atoms with Crippen LogP contribution in [0.2, 0.25) is 5.02 Å². The average Bonchev–Trinajstić information content (AvgIpc) is 2.54. The van der Waals surface area contributed by atoms with E-state index in [0.29, 0.717) is 31.3 Å². The van der Waals surface area contributed by atoms with Crippen LogP contribution in [-0.4, -0.2) is 48.1 Å². The number of nitro benzene ring substituents is 1. The summed E-state index contributed by atoms with van der Waals surface area (Å²) < 4.78 is 5.24. The number of rotatable bonds is 5. The Balaban J connectivity index is 2.01. The molecule has 0 spiro atoms. The molecule has 0 unspecified atom stereocenters. The van der Waals surface area contributed by atoms with Crippen LogP contribution >= 0.6 is 11.6 Å². The van der Waals surface area contributed by atoms with Crippen LogP contribution in [0, 0.1) is 10.1 Å². The van der Waals surface area contributed by atoms with Crippen molar-refractivity contribution in [3.05, 3.63) is 38.9 Å². The van der Waals surface area contributed by atoms with E-state index in [0.717, 1.165) is 5.56 Å². The highest BCUT2D eigenvalue weighted by molar-refractivity contribution is 6.31. The fourth-order valence-electron chi connectivity index (χ4n) is 2.57. The molecule has 1 N–H and O–H groups in total. The quantitative estimate of drug-likeness (QED) is 0.655. The van der Waals surface area contributed by atoms with Gasteiger partial charge in [-0.15, -0.1) is 0 Å². The van der Waals surface area contributed by atoms with Crippen molar-refractivity contribution in [1.82, 2.24) is 10.2 Å². The Kier molecular flexibility index (Phi) is 5.92. The molecule has 2 rings (SSSR count). The molecular formula is C15H20ClN3O4. The average molecular weight is 342 g/mol. The topological polar surface area (TPSA) is 84.7 Å². The predicted octanol–water partition coefficient (Wildman–Crippen LogP) is 2.15. The largest absolute Gasteiger partial charge is 0.378 e. The maximum atomic E-state index is 12.4. The zero-order valence-corrected chi connectivity index (χ0v) is 13.9. The van der Waals surface area contributed by atoms with Crippen molar-refractivity contribution < 1.29 is 14.5 Å². The smallest absolute Gasteiger partial charge is 0.270 e. The van der Waals surface area contributed by atoms with Crippen LogP contribution in [0.3, 0.4) is 0 Å². The zero-order chi connectivity index (χ0) is 17.0. The van der Waals surface area contributed by atoms with E-state index >= 15 is 0 Å². The minimum atomic E-state index is -0.488. The lowest BCUT2D eigenvalue weighted by Gasteiger charge is -2.30. The first-order valence-corrected chi connectivity index (χ1v) is 7.84. The van der Waals surface area contributed by atoms with Crippen LogP contribution in [0.25, 0.3) is 0 Å². The number of hydrogen-bond donors (Lipinski definition) is 1. The Morgan fingerprint density at radius 1 is 1.39 bits per heavy atom. The minimum Gasteiger partial charge on any atom is -0.378 e. The summed E-state index contributed by atoms with van der Waals surface area (Å²) in [6, 6.07) is 3.76. The molecule has 7 nitrogen and oxygen atoms in total. The second kappa shape index (κ2) is 7.72. The number of hydrogen-bond acceptors (Lipinski definition) is 5. The SMILES string of the molecule is C[C@H](N[C@H](C)c1ccc([N+](=O)[O-])cc1Cl)C(=O)N1CCOCC1. The molecule has 0 saturated carbocycles. The van der Waals surface area contributed by atoms with E-state index in [1.165, 1.54) is 12.1 Å². The molecule has 1 aliphatic heterocycles. The molecule has 1 aromatic carbocycles. The molecule has 1 fully saturated rings. The summed E-state index contributed by atoms with van der Waals surface area (Å²) in [5.41, 5.74) is 0.669. The van der Waals surface area contributed by atoms with Crippen molar-refractivity contribution in [1.29, 1.82) is 0 Å². The molecular weight excluding hydrogens is 322 g/mol. The van der Waals surface area contributed by atoms with Crippen LogP contribution in [0.15, 0.2) is 18.2 Å². The van der Waals surface area contributed by atoms with Gasteiger partial charge in [0.25, 0.3) is 5.69 Å². The highest BCUT2D eigenvalue weighted by Gasteiger charge is 2.24. The standard InChI is InChI=1S/C15H20ClN3O4/c1-10(13-4-3-12(19(21)22)9-14(13)16)17-11(2)15(20)18-5-7-23-8-6-18/h3-4,9-11,17H,5-8H2,1-2H3/t10-,11+/m1/s1. The van der Waals surface area contributed by atoms with Crippen molar-refractivity contribution in [2.45, 2.75) is 25.9 Å². The molecule has 1 saturated heterocycles. The molecule has 0 radical (unpaired) electrons. The normalized spacial score (nSPS) is 17.6. The van der Waals surface area contributed by atoms with E-state index in [4.69, 9.17) is 16.3 Å². The molecule has 126 valence electrons. The van der Waals surface area contributed by atoms with Crippen molar-refractivity contribution in [3.8, 4) is 0 Å². The Morgan fingerprint density at radius 3 is 2.61 bits per heavy atom. The van der Waals surface area contributed by atoms with Gasteiger partial charge >= 0.3 is 0 Å². The molecule has 0 aliphatic carbocycles. The number of carbonyl (C=O) groups is 1. The third kappa shape index (κ3) is 4.40. The molecule has 1 heterocycles. The first-order valence-electron chi connectivity index (χ1n) is 7.46. The fraction of sp³-hybridized carbons (Fsp3) is 0.533. The van der Waals surface area contributed by atoms with Crippen LogP contribution in [0.5, 0.6) is 0 Å². The Hall–Kier alpha value is -1.70. The molecule has 2 atom stereocenters. The Bertz CT molecular complexity index is 590. The summed E-state index contributed by atoms with van der Waals surface area (Å²) >= 11 is 6.12. The Morgan fingerprint density at radius 2 is 2.04 bits per heavy atom. The molecule has 1 aromatic rings. The number of nitro groups is 1. The minimum absolute atomic E-state index is 0.0122. The highest BCUT2D eigenvalue weighted by Crippen LogP contribution is 2.27. The van der Waals surface area contributed by atoms with Crippen molar-refractivity contribution >= 4 is 23.2 Å². The summed E-state index contributed by atoms with van der Waals surface area (Å²) in [5, 5.41) is 14.3. The summed E-state index contributed by atoms with van der Waals surface area (Å²) in [7, 11) is 0. The van der Waals surface area contributed by atoms with Gasteiger partial charge in [-0.1, -0.05) is 11.6 Å². The molecule has 1 amide bonds. The number of nitrogens with one attached hydrogen (secondary N) is 1. The molecule has 0 aromatic heterocycles. The van der Waals surface area contributed by atoms with Gasteiger partial charge < -0.3 is 9.64 Å². The van der Waals surface area contributed by atoms with Gasteiger partial charge in [-0.3, -0.25) is 20.2 Å². The third-order valence-corrected chi connectivity index (χ3v) is 4.18. The first-order chi connectivity index (χ1) is 10.9. The lowest BCUT2D eigenvalue weighted by Crippen LogP contribution is -2.49. The van der Waals surface area contributed by atoms with E-state index in [1.807, 2.05) is 6.92 Å². The van der Waals surface area contributed by atoms with Gasteiger partial charge in [-0.2, -0.15) is 0 Å². The Labute approximate surface area is 139 Å². The number of halogens is 1. The van der Waals surface area contributed by atoms with Crippen molar-refractivity contribution in [2.24, 2.45) is 0 Å². The number of non-ortho nitro benzene ring substituents is 1. The maximum Gasteiger partial charge on any atom is 0.270 e. The van der Waals surface area contributed by atoms with Crippen molar-refractivity contribution in [2.75, 3.05) is 26.3 Å². The third-order valence-electron chi connectivity index (χ3n) is 3.85. The molecule has 1 aliphatic rings. The van der Waals surface area contributed by atoms with Gasteiger partial charge in [0.1, 0.15) is 0 Å². The number of nitrogens with zero attached hydrogens (tertiary/aromatic N) is 2. The number of benzene rings is 1. The van der Waals surface area contributed by atoms with Gasteiger partial charge in [-0.25, -0.2) is 0 Å². The lowest BCUT2D eigenvalue weighted by molar-refractivity contribution is -0.384. The van der Waals surface area contributed by atoms with Crippen LogP contribution in [0.1, 0.15) is 25.5 Å². The van der Waals surface area contributed by atoms with Gasteiger partial charge in [0, 0.05) is 31.3 Å². The monoisotopic (exact) mass is 341 g/mol. The maximum absolute atomic E-state index is 12.4. The van der Waals surface area contributed by atoms with E-state index in [9.17, 15) is 14.9 Å². The number of amides is 1. The van der Waals surface area contributed by atoms with Gasteiger partial charge in [0.15, 0.2) is 0 Å². The fourth-order valence-corrected chi connectivity index (χ4v) is 2.91. The second-order valence-corrected chi connectivity index (χ2v) is 5.92. The van der Waals surface area contributed by atoms with E-state index in [2.05, 4.69) is 5.32 Å². The summed E-state index contributed by atoms with van der Waals surface area (Å²) in [5.74, 6) is 0.0122. The highest BCUT2D eigenvalue weighted by atomic mass is 35.5. The molecule has 8 heteroatoms. The van der Waals surface area contributed by atoms with E-state index < -0.39 is 4.92 Å². The number of morpholine rings is 1. The second-order valence-electron chi connectivity index (χ2n) is 5.51. The summed E-state index contributed by atoms with van der Waals surface area (Å²) in [6.07, 6.45) is 0. The zero-order valence-electron chi connectivity index (χ0n) is 13.1. The van der Waals surface area contributed by atoms with Crippen molar-refractivity contribution in [3.63, 3.8) is 0 Å². The summed E-state index contributed by atoms with van der Waals surface area (Å²) in [4.78, 5) is 24.4. The molecule has 23 heavy (non-hydrogen) atoms. The predicted molar refractivity (Wildman–Crippen MR) is 86.5 cm³/mol. The number of carbonyl (C=O) groups excluding carboxylic acids is 1. The van der Waals surface area contributed by atoms with E-state index in [-0.39, 0.29) is 23.7 Å². The van der Waals surface area contributed by atoms with Gasteiger partial charge in [0.2, 0.25) is 5.91 Å². The summed E-state index contributed by atoms with van der Waals surface area (Å²) in [6.45, 7) is 5.98. The van der Waals surface area contributed by atoms with Crippen LogP contribution in [-0.2, 0) is 9.53 Å². The first kappa shape index (κ1) is 17.7.